The fourth-order valence-corrected chi connectivity index (χ4v) is 3.57. The van der Waals surface area contributed by atoms with Crippen molar-refractivity contribution in [3.8, 4) is 0 Å². The van der Waals surface area contributed by atoms with Crippen LogP contribution in [0.2, 0.25) is 5.02 Å². The molecule has 0 aliphatic heterocycles. The minimum atomic E-state index is -0.0769. The zero-order valence-corrected chi connectivity index (χ0v) is 14.3. The summed E-state index contributed by atoms with van der Waals surface area (Å²) in [5.74, 6) is 0. The largest absolute Gasteiger partial charge is 0.366 e. The van der Waals surface area contributed by atoms with Gasteiger partial charge in [0, 0.05) is 25.8 Å². The number of ether oxygens (including phenoxy) is 1. The molecule has 20 heavy (non-hydrogen) atoms. The van der Waals surface area contributed by atoms with E-state index in [9.17, 15) is 0 Å². The van der Waals surface area contributed by atoms with Crippen molar-refractivity contribution >= 4 is 38.9 Å². The molecule has 0 saturated heterocycles. The average molecular weight is 375 g/mol. The van der Waals surface area contributed by atoms with Crippen molar-refractivity contribution in [2.75, 3.05) is 0 Å². The van der Waals surface area contributed by atoms with Crippen LogP contribution in [-0.2, 0) is 11.3 Å². The summed E-state index contributed by atoms with van der Waals surface area (Å²) in [5.41, 5.74) is 7.29. The molecule has 1 heterocycles. The lowest BCUT2D eigenvalue weighted by molar-refractivity contribution is 0.0236. The van der Waals surface area contributed by atoms with Gasteiger partial charge in [-0.05, 0) is 46.1 Å². The molecule has 0 bridgehead atoms. The lowest BCUT2D eigenvalue weighted by Gasteiger charge is -2.22. The van der Waals surface area contributed by atoms with Crippen molar-refractivity contribution in [3.05, 3.63) is 55.6 Å². The molecule has 1 aromatic carbocycles. The number of hydrogen-bond donors (Lipinski definition) is 1. The maximum Gasteiger partial charge on any atom is 0.107 e. The van der Waals surface area contributed by atoms with Gasteiger partial charge in [0.25, 0.3) is 0 Å². The fraction of sp³-hybridized carbons (Fsp3) is 0.333. The Balaban J connectivity index is 2.06. The van der Waals surface area contributed by atoms with E-state index in [1.165, 1.54) is 0 Å². The highest BCUT2D eigenvalue weighted by Gasteiger charge is 2.21. The van der Waals surface area contributed by atoms with Crippen LogP contribution in [0.15, 0.2) is 40.2 Å². The van der Waals surface area contributed by atoms with Crippen LogP contribution in [0.3, 0.4) is 0 Å². The molecule has 2 rings (SSSR count). The van der Waals surface area contributed by atoms with Gasteiger partial charge < -0.3 is 10.5 Å². The van der Waals surface area contributed by atoms with Crippen molar-refractivity contribution in [3.63, 3.8) is 0 Å². The summed E-state index contributed by atoms with van der Waals surface area (Å²) in [5, 5.41) is 2.79. The van der Waals surface area contributed by atoms with E-state index in [0.29, 0.717) is 6.61 Å². The number of nitrogens with two attached hydrogens (primary N) is 1. The minimum Gasteiger partial charge on any atom is -0.366 e. The second-order valence-corrected chi connectivity index (χ2v) is 6.89. The summed E-state index contributed by atoms with van der Waals surface area (Å²) >= 11 is 11.0. The van der Waals surface area contributed by atoms with Gasteiger partial charge in [-0.15, -0.1) is 11.3 Å². The number of thiophene rings is 1. The molecule has 2 atom stereocenters. The first-order valence-electron chi connectivity index (χ1n) is 6.45. The SMILES string of the molecule is CCC(N)C(OCc1ccc(Cl)cc1)c1cc(Br)cs1. The summed E-state index contributed by atoms with van der Waals surface area (Å²) in [4.78, 5) is 1.15. The van der Waals surface area contributed by atoms with Gasteiger partial charge in [-0.25, -0.2) is 0 Å². The summed E-state index contributed by atoms with van der Waals surface area (Å²) in [7, 11) is 0. The van der Waals surface area contributed by atoms with Crippen LogP contribution in [-0.4, -0.2) is 6.04 Å². The van der Waals surface area contributed by atoms with Gasteiger partial charge in [0.05, 0.1) is 6.61 Å². The first-order chi connectivity index (χ1) is 9.60. The molecule has 0 fully saturated rings. The van der Waals surface area contributed by atoms with Crippen LogP contribution in [0, 0.1) is 0 Å². The normalized spacial score (nSPS) is 14.2. The number of halogens is 2. The monoisotopic (exact) mass is 373 g/mol. The Labute approximate surface area is 137 Å². The predicted molar refractivity (Wildman–Crippen MR) is 89.3 cm³/mol. The van der Waals surface area contributed by atoms with Gasteiger partial charge in [0.1, 0.15) is 6.10 Å². The van der Waals surface area contributed by atoms with Crippen LogP contribution >= 0.6 is 38.9 Å². The van der Waals surface area contributed by atoms with E-state index in [-0.39, 0.29) is 12.1 Å². The molecular formula is C15H17BrClNOS. The molecule has 5 heteroatoms. The van der Waals surface area contributed by atoms with Gasteiger partial charge in [-0.1, -0.05) is 30.7 Å². The quantitative estimate of drug-likeness (QED) is 0.758. The Hall–Kier alpha value is -0.390. The molecule has 0 aliphatic rings. The lowest BCUT2D eigenvalue weighted by atomic mass is 10.1. The van der Waals surface area contributed by atoms with Gasteiger partial charge in [-0.3, -0.25) is 0 Å². The maximum atomic E-state index is 6.19. The Morgan fingerprint density at radius 3 is 2.60 bits per heavy atom. The van der Waals surface area contributed by atoms with Crippen LogP contribution in [0.25, 0.3) is 0 Å². The van der Waals surface area contributed by atoms with Crippen molar-refractivity contribution in [2.45, 2.75) is 32.1 Å². The van der Waals surface area contributed by atoms with E-state index in [1.54, 1.807) is 11.3 Å². The van der Waals surface area contributed by atoms with E-state index in [4.69, 9.17) is 22.1 Å². The van der Waals surface area contributed by atoms with Crippen molar-refractivity contribution in [1.82, 2.24) is 0 Å². The Morgan fingerprint density at radius 1 is 1.35 bits per heavy atom. The number of benzene rings is 1. The van der Waals surface area contributed by atoms with Gasteiger partial charge >= 0.3 is 0 Å². The first-order valence-corrected chi connectivity index (χ1v) is 8.50. The van der Waals surface area contributed by atoms with Crippen LogP contribution < -0.4 is 5.73 Å². The smallest absolute Gasteiger partial charge is 0.107 e. The highest BCUT2D eigenvalue weighted by Crippen LogP contribution is 2.31. The Morgan fingerprint density at radius 2 is 2.05 bits per heavy atom. The topological polar surface area (TPSA) is 35.2 Å². The standard InChI is InChI=1S/C15H17BrClNOS/c1-2-13(18)15(14-7-11(16)9-20-14)19-8-10-3-5-12(17)6-4-10/h3-7,9,13,15H,2,8,18H2,1H3. The number of hydrogen-bond acceptors (Lipinski definition) is 3. The molecule has 2 aromatic rings. The molecule has 0 aliphatic carbocycles. The third-order valence-corrected chi connectivity index (χ3v) is 5.08. The fourth-order valence-electron chi connectivity index (χ4n) is 1.87. The Kier molecular flexibility index (Phi) is 6.05. The van der Waals surface area contributed by atoms with E-state index in [2.05, 4.69) is 34.3 Å². The summed E-state index contributed by atoms with van der Waals surface area (Å²) in [6, 6.07) is 9.76. The lowest BCUT2D eigenvalue weighted by Crippen LogP contribution is -2.29. The van der Waals surface area contributed by atoms with E-state index >= 15 is 0 Å². The molecule has 0 amide bonds. The highest BCUT2D eigenvalue weighted by atomic mass is 79.9. The van der Waals surface area contributed by atoms with Crippen molar-refractivity contribution in [1.29, 1.82) is 0 Å². The molecule has 0 saturated carbocycles. The molecular weight excluding hydrogens is 358 g/mol. The number of rotatable bonds is 6. The molecule has 108 valence electrons. The highest BCUT2D eigenvalue weighted by molar-refractivity contribution is 9.10. The van der Waals surface area contributed by atoms with Crippen LogP contribution in [0.1, 0.15) is 29.9 Å². The predicted octanol–water partition coefficient (Wildman–Crippen LogP) is 5.16. The van der Waals surface area contributed by atoms with E-state index < -0.39 is 0 Å². The Bertz CT molecular complexity index is 543. The minimum absolute atomic E-state index is 0.00662. The summed E-state index contributed by atoms with van der Waals surface area (Å²) in [6.45, 7) is 2.61. The zero-order valence-electron chi connectivity index (χ0n) is 11.2. The molecule has 0 spiro atoms. The van der Waals surface area contributed by atoms with Crippen LogP contribution in [0.4, 0.5) is 0 Å². The van der Waals surface area contributed by atoms with Gasteiger partial charge in [0.2, 0.25) is 0 Å². The maximum absolute atomic E-state index is 6.19. The molecule has 2 nitrogen and oxygen atoms in total. The molecule has 1 aromatic heterocycles. The third-order valence-electron chi connectivity index (χ3n) is 3.07. The van der Waals surface area contributed by atoms with Crippen molar-refractivity contribution in [2.24, 2.45) is 5.73 Å². The summed E-state index contributed by atoms with van der Waals surface area (Å²) < 4.78 is 7.11. The van der Waals surface area contributed by atoms with E-state index in [1.807, 2.05) is 24.3 Å². The van der Waals surface area contributed by atoms with Crippen LogP contribution in [0.5, 0.6) is 0 Å². The second kappa shape index (κ2) is 7.57. The first kappa shape index (κ1) is 16.0. The molecule has 2 unspecified atom stereocenters. The average Bonchev–Trinajstić information content (AvgIpc) is 2.87. The van der Waals surface area contributed by atoms with Gasteiger partial charge in [-0.2, -0.15) is 0 Å². The summed E-state index contributed by atoms with van der Waals surface area (Å²) in [6.07, 6.45) is 0.799. The van der Waals surface area contributed by atoms with E-state index in [0.717, 1.165) is 26.4 Å². The van der Waals surface area contributed by atoms with Crippen molar-refractivity contribution < 1.29 is 4.74 Å². The second-order valence-electron chi connectivity index (χ2n) is 4.60. The molecule has 2 N–H and O–H groups in total. The van der Waals surface area contributed by atoms with Gasteiger partial charge in [0.15, 0.2) is 0 Å². The third kappa shape index (κ3) is 4.30. The zero-order chi connectivity index (χ0) is 14.5. The molecule has 0 radical (unpaired) electrons.